The topological polar surface area (TPSA) is 34.1 Å². The maximum atomic E-state index is 12.9. The van der Waals surface area contributed by atoms with Crippen molar-refractivity contribution in [2.45, 2.75) is 24.3 Å². The molecule has 0 heterocycles. The van der Waals surface area contributed by atoms with Crippen LogP contribution in [0.5, 0.6) is 0 Å². The summed E-state index contributed by atoms with van der Waals surface area (Å²) in [5.41, 5.74) is 2.66. The highest BCUT2D eigenvalue weighted by molar-refractivity contribution is 7.91. The molecule has 0 bridgehead atoms. The SMILES string of the molecule is C=C[C@@](C)(c1ccccc1)S(=O)(=O)Cc1ccc(C)cc1. The average Bonchev–Trinajstić information content (AvgIpc) is 2.49. The minimum Gasteiger partial charge on any atom is -0.227 e. The van der Waals surface area contributed by atoms with E-state index in [1.54, 1.807) is 6.92 Å². The third kappa shape index (κ3) is 3.08. The van der Waals surface area contributed by atoms with E-state index < -0.39 is 14.6 Å². The summed E-state index contributed by atoms with van der Waals surface area (Å²) in [5, 5.41) is 0. The molecule has 0 aromatic heterocycles. The molecule has 110 valence electrons. The van der Waals surface area contributed by atoms with Gasteiger partial charge in [0.2, 0.25) is 0 Å². The van der Waals surface area contributed by atoms with Gasteiger partial charge in [0.05, 0.1) is 5.75 Å². The summed E-state index contributed by atoms with van der Waals surface area (Å²) in [6.45, 7) is 7.44. The number of aryl methyl sites for hydroxylation is 1. The Kier molecular flexibility index (Phi) is 4.33. The molecule has 2 nitrogen and oxygen atoms in total. The minimum atomic E-state index is -3.41. The molecular weight excluding hydrogens is 280 g/mol. The summed E-state index contributed by atoms with van der Waals surface area (Å²) in [7, 11) is -3.41. The zero-order valence-corrected chi connectivity index (χ0v) is 13.2. The van der Waals surface area contributed by atoms with Crippen molar-refractivity contribution in [3.8, 4) is 0 Å². The Balaban J connectivity index is 2.41. The average molecular weight is 300 g/mol. The smallest absolute Gasteiger partial charge is 0.167 e. The van der Waals surface area contributed by atoms with Crippen molar-refractivity contribution in [3.05, 3.63) is 83.9 Å². The molecule has 21 heavy (non-hydrogen) atoms. The molecule has 0 spiro atoms. The van der Waals surface area contributed by atoms with Crippen molar-refractivity contribution in [1.82, 2.24) is 0 Å². The summed E-state index contributed by atoms with van der Waals surface area (Å²) < 4.78 is 24.6. The van der Waals surface area contributed by atoms with Crippen LogP contribution in [0, 0.1) is 6.92 Å². The van der Waals surface area contributed by atoms with Crippen LogP contribution >= 0.6 is 0 Å². The van der Waals surface area contributed by atoms with Gasteiger partial charge in [-0.25, -0.2) is 8.42 Å². The molecule has 0 saturated carbocycles. The molecule has 0 fully saturated rings. The second-order valence-corrected chi connectivity index (χ2v) is 7.79. The van der Waals surface area contributed by atoms with E-state index in [9.17, 15) is 8.42 Å². The monoisotopic (exact) mass is 300 g/mol. The van der Waals surface area contributed by atoms with Crippen LogP contribution in [0.4, 0.5) is 0 Å². The second kappa shape index (κ2) is 5.86. The fraction of sp³-hybridized carbons (Fsp3) is 0.222. The third-order valence-corrected chi connectivity index (χ3v) is 6.27. The van der Waals surface area contributed by atoms with Crippen molar-refractivity contribution in [3.63, 3.8) is 0 Å². The first-order valence-electron chi connectivity index (χ1n) is 6.86. The number of rotatable bonds is 5. The molecule has 2 aromatic rings. The van der Waals surface area contributed by atoms with Crippen molar-refractivity contribution in [2.24, 2.45) is 0 Å². The Morgan fingerprint density at radius 2 is 1.62 bits per heavy atom. The van der Waals surface area contributed by atoms with Crippen molar-refractivity contribution in [2.75, 3.05) is 0 Å². The zero-order chi connectivity index (χ0) is 15.5. The Hall–Kier alpha value is -1.87. The first-order valence-corrected chi connectivity index (χ1v) is 8.51. The fourth-order valence-electron chi connectivity index (χ4n) is 2.25. The summed E-state index contributed by atoms with van der Waals surface area (Å²) >= 11 is 0. The summed E-state index contributed by atoms with van der Waals surface area (Å²) in [6, 6.07) is 16.8. The Morgan fingerprint density at radius 3 is 2.14 bits per heavy atom. The molecule has 3 heteroatoms. The van der Waals surface area contributed by atoms with Crippen LogP contribution in [0.15, 0.2) is 67.3 Å². The van der Waals surface area contributed by atoms with Gasteiger partial charge in [0.15, 0.2) is 9.84 Å². The van der Waals surface area contributed by atoms with Gasteiger partial charge in [0.1, 0.15) is 4.75 Å². The lowest BCUT2D eigenvalue weighted by atomic mass is 10.0. The van der Waals surface area contributed by atoms with E-state index in [2.05, 4.69) is 6.58 Å². The van der Waals surface area contributed by atoms with Gasteiger partial charge >= 0.3 is 0 Å². The van der Waals surface area contributed by atoms with Gasteiger partial charge in [-0.2, -0.15) is 0 Å². The number of benzene rings is 2. The predicted octanol–water partition coefficient (Wildman–Crippen LogP) is 4.01. The lowest BCUT2D eigenvalue weighted by Gasteiger charge is -2.26. The third-order valence-electron chi connectivity index (χ3n) is 3.86. The zero-order valence-electron chi connectivity index (χ0n) is 12.4. The van der Waals surface area contributed by atoms with E-state index in [1.807, 2.05) is 61.5 Å². The molecule has 0 aliphatic carbocycles. The van der Waals surface area contributed by atoms with Crippen LogP contribution in [0.3, 0.4) is 0 Å². The molecule has 0 aliphatic rings. The lowest BCUT2D eigenvalue weighted by molar-refractivity contribution is 0.568. The first kappa shape index (κ1) is 15.5. The van der Waals surface area contributed by atoms with E-state index in [-0.39, 0.29) is 5.75 Å². The van der Waals surface area contributed by atoms with Gasteiger partial charge in [-0.3, -0.25) is 0 Å². The maximum Gasteiger partial charge on any atom is 0.167 e. The summed E-state index contributed by atoms with van der Waals surface area (Å²) in [4.78, 5) is 0. The molecule has 0 saturated heterocycles. The molecule has 0 unspecified atom stereocenters. The minimum absolute atomic E-state index is 0.00466. The van der Waals surface area contributed by atoms with Crippen molar-refractivity contribution >= 4 is 9.84 Å². The van der Waals surface area contributed by atoms with Crippen molar-refractivity contribution in [1.29, 1.82) is 0 Å². The van der Waals surface area contributed by atoms with E-state index in [0.29, 0.717) is 0 Å². The molecule has 1 atom stereocenters. The number of sulfone groups is 1. The molecule has 2 rings (SSSR count). The van der Waals surface area contributed by atoms with Crippen molar-refractivity contribution < 1.29 is 8.42 Å². The standard InChI is InChI=1S/C18H20O2S/c1-4-18(3,17-8-6-5-7-9-17)21(19,20)14-16-12-10-15(2)11-13-16/h4-13H,1,14H2,2-3H3/t18-/m0/s1. The second-order valence-electron chi connectivity index (χ2n) is 5.42. The Morgan fingerprint density at radius 1 is 1.05 bits per heavy atom. The molecular formula is C18H20O2S. The van der Waals surface area contributed by atoms with Gasteiger partial charge in [-0.05, 0) is 25.0 Å². The maximum absolute atomic E-state index is 12.9. The van der Waals surface area contributed by atoms with Crippen LogP contribution in [0.25, 0.3) is 0 Å². The largest absolute Gasteiger partial charge is 0.227 e. The van der Waals surface area contributed by atoms with Gasteiger partial charge in [0.25, 0.3) is 0 Å². The van der Waals surface area contributed by atoms with Crippen LogP contribution < -0.4 is 0 Å². The van der Waals surface area contributed by atoms with Gasteiger partial charge < -0.3 is 0 Å². The Bertz CT molecular complexity index is 716. The normalized spacial score (nSPS) is 14.4. The van der Waals surface area contributed by atoms with E-state index in [0.717, 1.165) is 16.7 Å². The van der Waals surface area contributed by atoms with Gasteiger partial charge in [-0.15, -0.1) is 6.58 Å². The Labute approximate surface area is 127 Å². The molecule has 2 aromatic carbocycles. The number of hydrogen-bond acceptors (Lipinski definition) is 2. The highest BCUT2D eigenvalue weighted by atomic mass is 32.2. The molecule has 0 radical (unpaired) electrons. The van der Waals surface area contributed by atoms with Crippen LogP contribution in [0.2, 0.25) is 0 Å². The van der Waals surface area contributed by atoms with Crippen LogP contribution in [-0.4, -0.2) is 8.42 Å². The number of hydrogen-bond donors (Lipinski definition) is 0. The van der Waals surface area contributed by atoms with Crippen LogP contribution in [0.1, 0.15) is 23.6 Å². The molecule has 0 aliphatic heterocycles. The highest BCUT2D eigenvalue weighted by Gasteiger charge is 2.37. The predicted molar refractivity (Wildman–Crippen MR) is 87.8 cm³/mol. The van der Waals surface area contributed by atoms with Gasteiger partial charge in [-0.1, -0.05) is 66.2 Å². The first-order chi connectivity index (χ1) is 9.89. The van der Waals surface area contributed by atoms with E-state index in [4.69, 9.17) is 0 Å². The molecule has 0 N–H and O–H groups in total. The van der Waals surface area contributed by atoms with E-state index in [1.165, 1.54) is 6.08 Å². The van der Waals surface area contributed by atoms with Gasteiger partial charge in [0, 0.05) is 0 Å². The lowest BCUT2D eigenvalue weighted by Crippen LogP contribution is -2.31. The summed E-state index contributed by atoms with van der Waals surface area (Å²) in [5.74, 6) is 0.00466. The quantitative estimate of drug-likeness (QED) is 0.782. The highest BCUT2D eigenvalue weighted by Crippen LogP contribution is 2.33. The van der Waals surface area contributed by atoms with Crippen LogP contribution in [-0.2, 0) is 20.3 Å². The molecule has 0 amide bonds. The van der Waals surface area contributed by atoms with E-state index >= 15 is 0 Å². The summed E-state index contributed by atoms with van der Waals surface area (Å²) in [6.07, 6.45) is 1.52. The fourth-order valence-corrected chi connectivity index (χ4v) is 3.93.